The minimum atomic E-state index is -0.367. The number of H-pyrrole nitrogens is 1. The Bertz CT molecular complexity index is 1680. The van der Waals surface area contributed by atoms with Gasteiger partial charge in [0.25, 0.3) is 5.56 Å². The van der Waals surface area contributed by atoms with E-state index in [2.05, 4.69) is 25.5 Å². The standard InChI is InChI=1S/C27H27FN8O2/c1-35-15-31-34-26(35)21-11-18(28)5-6-20(21)17-9-22(16-3-4-16)33-24(10-17)36-14-30-23-12-19(13-29-7-8-38-2)32-25(23)27(36)37/h5-6,9-12,14-16,29,32H,3-4,7-8,13H2,1-2H3. The number of benzene rings is 1. The van der Waals surface area contributed by atoms with E-state index < -0.39 is 0 Å². The number of methoxy groups -OCH3 is 1. The van der Waals surface area contributed by atoms with Crippen LogP contribution in [0.1, 0.15) is 30.1 Å². The highest BCUT2D eigenvalue weighted by Gasteiger charge is 2.27. The molecule has 0 atom stereocenters. The van der Waals surface area contributed by atoms with Crippen molar-refractivity contribution in [1.29, 1.82) is 0 Å². The second kappa shape index (κ2) is 9.92. The molecule has 4 aromatic heterocycles. The molecule has 0 unspecified atom stereocenters. The van der Waals surface area contributed by atoms with Gasteiger partial charge in [-0.2, -0.15) is 0 Å². The van der Waals surface area contributed by atoms with Crippen LogP contribution in [0.2, 0.25) is 0 Å². The molecular weight excluding hydrogens is 487 g/mol. The molecule has 4 heterocycles. The van der Waals surface area contributed by atoms with Crippen LogP contribution in [0.3, 0.4) is 0 Å². The van der Waals surface area contributed by atoms with Gasteiger partial charge in [0.1, 0.15) is 29.8 Å². The molecule has 0 amide bonds. The SMILES string of the molecule is COCCNCc1cc2ncn(-c3cc(-c4ccc(F)cc4-c4nncn4C)cc(C4CC4)n3)c(=O)c2[nH]1. The second-order valence-corrected chi connectivity index (χ2v) is 9.51. The largest absolute Gasteiger partial charge is 0.383 e. The van der Waals surface area contributed by atoms with E-state index in [4.69, 9.17) is 9.72 Å². The summed E-state index contributed by atoms with van der Waals surface area (Å²) in [4.78, 5) is 26.1. The van der Waals surface area contributed by atoms with Crippen molar-refractivity contribution in [3.8, 4) is 28.3 Å². The Kier molecular flexibility index (Phi) is 6.30. The number of ether oxygens (including phenoxy) is 1. The molecule has 38 heavy (non-hydrogen) atoms. The van der Waals surface area contributed by atoms with E-state index in [0.717, 1.165) is 35.4 Å². The fourth-order valence-electron chi connectivity index (χ4n) is 4.60. The Morgan fingerprint density at radius 3 is 2.79 bits per heavy atom. The molecular formula is C27H27FN8O2. The van der Waals surface area contributed by atoms with Gasteiger partial charge in [0, 0.05) is 50.1 Å². The minimum Gasteiger partial charge on any atom is -0.383 e. The molecule has 194 valence electrons. The first-order valence-corrected chi connectivity index (χ1v) is 12.5. The average molecular weight is 515 g/mol. The van der Waals surface area contributed by atoms with E-state index in [1.54, 1.807) is 24.1 Å². The van der Waals surface area contributed by atoms with E-state index >= 15 is 0 Å². The first kappa shape index (κ1) is 24.1. The summed E-state index contributed by atoms with van der Waals surface area (Å²) >= 11 is 0. The van der Waals surface area contributed by atoms with Crippen molar-refractivity contribution in [2.45, 2.75) is 25.3 Å². The zero-order valence-electron chi connectivity index (χ0n) is 21.1. The lowest BCUT2D eigenvalue weighted by Gasteiger charge is -2.13. The molecule has 11 heteroatoms. The third kappa shape index (κ3) is 4.61. The molecule has 0 aliphatic heterocycles. The smallest absolute Gasteiger partial charge is 0.283 e. The predicted molar refractivity (Wildman–Crippen MR) is 140 cm³/mol. The van der Waals surface area contributed by atoms with Crippen molar-refractivity contribution >= 4 is 11.0 Å². The van der Waals surface area contributed by atoms with Crippen LogP contribution in [-0.4, -0.2) is 54.5 Å². The molecule has 0 saturated heterocycles. The summed E-state index contributed by atoms with van der Waals surface area (Å²) < 4.78 is 22.6. The van der Waals surface area contributed by atoms with Crippen LogP contribution < -0.4 is 10.9 Å². The molecule has 5 aromatic rings. The maximum absolute atomic E-state index is 14.3. The normalized spacial score (nSPS) is 13.4. The summed E-state index contributed by atoms with van der Waals surface area (Å²) in [7, 11) is 3.47. The van der Waals surface area contributed by atoms with Gasteiger partial charge in [-0.15, -0.1) is 10.2 Å². The van der Waals surface area contributed by atoms with Gasteiger partial charge in [0.2, 0.25) is 0 Å². The summed E-state index contributed by atoms with van der Waals surface area (Å²) in [5.74, 6) is 0.971. The van der Waals surface area contributed by atoms with Gasteiger partial charge in [-0.05, 0) is 54.3 Å². The van der Waals surface area contributed by atoms with E-state index in [-0.39, 0.29) is 11.4 Å². The van der Waals surface area contributed by atoms with Crippen molar-refractivity contribution in [3.63, 3.8) is 0 Å². The first-order valence-electron chi connectivity index (χ1n) is 12.5. The number of aromatic nitrogens is 7. The summed E-state index contributed by atoms with van der Waals surface area (Å²) in [6.07, 6.45) is 5.17. The molecule has 10 nitrogen and oxygen atoms in total. The highest BCUT2D eigenvalue weighted by Crippen LogP contribution is 2.41. The Labute approximate surface area is 217 Å². The van der Waals surface area contributed by atoms with Gasteiger partial charge < -0.3 is 19.6 Å². The molecule has 0 spiro atoms. The van der Waals surface area contributed by atoms with Crippen LogP contribution >= 0.6 is 0 Å². The molecule has 1 fully saturated rings. The lowest BCUT2D eigenvalue weighted by Crippen LogP contribution is -2.21. The Morgan fingerprint density at radius 2 is 2.03 bits per heavy atom. The van der Waals surface area contributed by atoms with Crippen LogP contribution in [0.25, 0.3) is 39.4 Å². The fraction of sp³-hybridized carbons (Fsp3) is 0.296. The number of nitrogens with zero attached hydrogens (tertiary/aromatic N) is 6. The Morgan fingerprint density at radius 1 is 1.16 bits per heavy atom. The van der Waals surface area contributed by atoms with Crippen LogP contribution in [0.4, 0.5) is 4.39 Å². The molecule has 1 aliphatic carbocycles. The zero-order chi connectivity index (χ0) is 26.2. The number of nitrogens with one attached hydrogen (secondary N) is 2. The quantitative estimate of drug-likeness (QED) is 0.290. The van der Waals surface area contributed by atoms with Crippen molar-refractivity contribution in [2.75, 3.05) is 20.3 Å². The molecule has 0 bridgehead atoms. The molecule has 1 aromatic carbocycles. The number of fused-ring (bicyclic) bond motifs is 1. The van der Waals surface area contributed by atoms with Gasteiger partial charge in [0.05, 0.1) is 12.1 Å². The number of pyridine rings is 1. The van der Waals surface area contributed by atoms with Gasteiger partial charge >= 0.3 is 0 Å². The van der Waals surface area contributed by atoms with Gasteiger partial charge in [0.15, 0.2) is 5.82 Å². The van der Waals surface area contributed by atoms with E-state index in [1.807, 2.05) is 25.2 Å². The van der Waals surface area contributed by atoms with Crippen LogP contribution in [0.15, 0.2) is 53.8 Å². The van der Waals surface area contributed by atoms with Gasteiger partial charge in [-0.3, -0.25) is 4.79 Å². The number of hydrogen-bond donors (Lipinski definition) is 2. The second-order valence-electron chi connectivity index (χ2n) is 9.51. The molecule has 1 aliphatic rings. The van der Waals surface area contributed by atoms with Crippen LogP contribution in [-0.2, 0) is 18.3 Å². The van der Waals surface area contributed by atoms with Crippen molar-refractivity contribution in [1.82, 2.24) is 39.6 Å². The molecule has 6 rings (SSSR count). The van der Waals surface area contributed by atoms with Crippen molar-refractivity contribution in [2.24, 2.45) is 7.05 Å². The topological polar surface area (TPSA) is 116 Å². The molecule has 0 radical (unpaired) electrons. The third-order valence-electron chi connectivity index (χ3n) is 6.72. The van der Waals surface area contributed by atoms with E-state index in [0.29, 0.717) is 53.9 Å². The number of hydrogen-bond acceptors (Lipinski definition) is 7. The monoisotopic (exact) mass is 514 g/mol. The summed E-state index contributed by atoms with van der Waals surface area (Å²) in [5.41, 5.74) is 4.73. The lowest BCUT2D eigenvalue weighted by molar-refractivity contribution is 0.199. The Balaban J connectivity index is 1.44. The number of aryl methyl sites for hydroxylation is 1. The van der Waals surface area contributed by atoms with E-state index in [9.17, 15) is 9.18 Å². The maximum Gasteiger partial charge on any atom is 0.283 e. The molecule has 1 saturated carbocycles. The minimum absolute atomic E-state index is 0.239. The summed E-state index contributed by atoms with van der Waals surface area (Å²) in [5, 5.41) is 11.4. The third-order valence-corrected chi connectivity index (χ3v) is 6.72. The highest BCUT2D eigenvalue weighted by atomic mass is 19.1. The van der Waals surface area contributed by atoms with Gasteiger partial charge in [-0.25, -0.2) is 18.9 Å². The summed E-state index contributed by atoms with van der Waals surface area (Å²) in [6, 6.07) is 10.3. The van der Waals surface area contributed by atoms with Crippen molar-refractivity contribution < 1.29 is 9.13 Å². The van der Waals surface area contributed by atoms with E-state index in [1.165, 1.54) is 23.0 Å². The zero-order valence-corrected chi connectivity index (χ0v) is 21.1. The van der Waals surface area contributed by atoms with Crippen molar-refractivity contribution in [3.05, 3.63) is 76.6 Å². The van der Waals surface area contributed by atoms with Crippen LogP contribution in [0, 0.1) is 5.82 Å². The number of aromatic amines is 1. The number of rotatable bonds is 9. The Hall–Kier alpha value is -4.22. The summed E-state index contributed by atoms with van der Waals surface area (Å²) in [6.45, 7) is 1.86. The predicted octanol–water partition coefficient (Wildman–Crippen LogP) is 3.32. The number of halogens is 1. The van der Waals surface area contributed by atoms with Crippen LogP contribution in [0.5, 0.6) is 0 Å². The fourth-order valence-corrected chi connectivity index (χ4v) is 4.60. The lowest BCUT2D eigenvalue weighted by atomic mass is 9.98. The average Bonchev–Trinajstić information content (AvgIpc) is 3.55. The highest BCUT2D eigenvalue weighted by molar-refractivity contribution is 5.82. The van der Waals surface area contributed by atoms with Gasteiger partial charge in [-0.1, -0.05) is 6.07 Å². The maximum atomic E-state index is 14.3. The first-order chi connectivity index (χ1) is 18.5. The molecule has 2 N–H and O–H groups in total.